The Morgan fingerprint density at radius 3 is 2.50 bits per heavy atom. The van der Waals surface area contributed by atoms with Gasteiger partial charge in [0.2, 0.25) is 0 Å². The van der Waals surface area contributed by atoms with Gasteiger partial charge in [0.25, 0.3) is 0 Å². The minimum Gasteiger partial charge on any atom is -0.457 e. The predicted octanol–water partition coefficient (Wildman–Crippen LogP) is 1.89. The lowest BCUT2D eigenvalue weighted by Gasteiger charge is -2.28. The molecule has 1 aliphatic carbocycles. The number of fused-ring (bicyclic) bond motifs is 1. The van der Waals surface area contributed by atoms with E-state index in [1.165, 1.54) is 0 Å². The fourth-order valence-electron chi connectivity index (χ4n) is 3.67. The van der Waals surface area contributed by atoms with Crippen LogP contribution in [0.2, 0.25) is 0 Å². The van der Waals surface area contributed by atoms with Crippen LogP contribution >= 0.6 is 0 Å². The van der Waals surface area contributed by atoms with Gasteiger partial charge in [-0.05, 0) is 51.4 Å². The van der Waals surface area contributed by atoms with E-state index in [0.29, 0.717) is 13.0 Å². The molecule has 5 atom stereocenters. The SMILES string of the molecule is CCN(CC)CC1C(=O)O[C@H]2/C=C(\C)[C@@H](O)CC/C(C)=C/C(O)C12. The molecule has 0 bridgehead atoms. The molecule has 1 heterocycles. The highest BCUT2D eigenvalue weighted by molar-refractivity contribution is 5.76. The average Bonchev–Trinajstić information content (AvgIpc) is 2.84. The maximum absolute atomic E-state index is 12.4. The number of esters is 1. The van der Waals surface area contributed by atoms with Crippen molar-refractivity contribution in [3.63, 3.8) is 0 Å². The number of rotatable bonds is 4. The van der Waals surface area contributed by atoms with Crippen LogP contribution in [0.25, 0.3) is 0 Å². The minimum atomic E-state index is -0.721. The van der Waals surface area contributed by atoms with Gasteiger partial charge in [-0.2, -0.15) is 0 Å². The molecule has 5 nitrogen and oxygen atoms in total. The summed E-state index contributed by atoms with van der Waals surface area (Å²) in [7, 11) is 0. The predicted molar refractivity (Wildman–Crippen MR) is 93.4 cm³/mol. The number of nitrogens with zero attached hydrogens (tertiary/aromatic N) is 1. The molecule has 3 unspecified atom stereocenters. The van der Waals surface area contributed by atoms with Crippen molar-refractivity contribution in [3.05, 3.63) is 23.3 Å². The van der Waals surface area contributed by atoms with Gasteiger partial charge in [0.15, 0.2) is 0 Å². The zero-order valence-corrected chi connectivity index (χ0v) is 15.2. The molecule has 2 rings (SSSR count). The lowest BCUT2D eigenvalue weighted by molar-refractivity contribution is -0.143. The van der Waals surface area contributed by atoms with E-state index in [-0.39, 0.29) is 17.8 Å². The summed E-state index contributed by atoms with van der Waals surface area (Å²) in [5, 5.41) is 21.0. The maximum atomic E-state index is 12.4. The molecule has 0 aromatic carbocycles. The van der Waals surface area contributed by atoms with Crippen molar-refractivity contribution < 1.29 is 19.7 Å². The number of carbonyl (C=O) groups excluding carboxylic acids is 1. The van der Waals surface area contributed by atoms with E-state index >= 15 is 0 Å². The van der Waals surface area contributed by atoms with Gasteiger partial charge in [0, 0.05) is 12.5 Å². The molecule has 2 aliphatic rings. The Kier molecular flexibility index (Phi) is 6.61. The largest absolute Gasteiger partial charge is 0.457 e. The lowest BCUT2D eigenvalue weighted by atomic mass is 9.82. The van der Waals surface area contributed by atoms with E-state index in [9.17, 15) is 15.0 Å². The van der Waals surface area contributed by atoms with Crippen LogP contribution in [0.15, 0.2) is 23.3 Å². The topological polar surface area (TPSA) is 70.0 Å². The zero-order valence-electron chi connectivity index (χ0n) is 15.2. The number of hydrogen-bond acceptors (Lipinski definition) is 5. The number of carbonyl (C=O) groups is 1. The Morgan fingerprint density at radius 2 is 1.88 bits per heavy atom. The summed E-state index contributed by atoms with van der Waals surface area (Å²) in [4.78, 5) is 14.6. The van der Waals surface area contributed by atoms with E-state index in [0.717, 1.165) is 30.7 Å². The monoisotopic (exact) mass is 337 g/mol. The van der Waals surface area contributed by atoms with Crippen LogP contribution in [-0.4, -0.2) is 59.0 Å². The van der Waals surface area contributed by atoms with Gasteiger partial charge in [0.05, 0.1) is 18.1 Å². The van der Waals surface area contributed by atoms with Crippen molar-refractivity contribution in [1.82, 2.24) is 4.90 Å². The summed E-state index contributed by atoms with van der Waals surface area (Å²) in [5.41, 5.74) is 1.85. The molecule has 1 aliphatic heterocycles. The Morgan fingerprint density at radius 1 is 1.21 bits per heavy atom. The van der Waals surface area contributed by atoms with Crippen LogP contribution in [0.5, 0.6) is 0 Å². The summed E-state index contributed by atoms with van der Waals surface area (Å²) in [6, 6.07) is 0. The number of allylic oxidation sites excluding steroid dienone is 1. The maximum Gasteiger partial charge on any atom is 0.311 e. The Hall–Kier alpha value is -1.17. The van der Waals surface area contributed by atoms with Crippen molar-refractivity contribution in [2.45, 2.75) is 58.8 Å². The van der Waals surface area contributed by atoms with Crippen LogP contribution in [-0.2, 0) is 9.53 Å². The highest BCUT2D eigenvalue weighted by Crippen LogP contribution is 2.35. The number of hydrogen-bond donors (Lipinski definition) is 2. The van der Waals surface area contributed by atoms with E-state index in [1.54, 1.807) is 0 Å². The van der Waals surface area contributed by atoms with Crippen molar-refractivity contribution in [2.24, 2.45) is 11.8 Å². The first-order valence-electron chi connectivity index (χ1n) is 9.01. The Balaban J connectivity index is 2.34. The second-order valence-corrected chi connectivity index (χ2v) is 7.04. The first-order valence-corrected chi connectivity index (χ1v) is 9.01. The average molecular weight is 337 g/mol. The third kappa shape index (κ3) is 4.26. The molecule has 0 aromatic heterocycles. The smallest absolute Gasteiger partial charge is 0.311 e. The molecular weight excluding hydrogens is 306 g/mol. The van der Waals surface area contributed by atoms with Crippen molar-refractivity contribution in [3.8, 4) is 0 Å². The lowest BCUT2D eigenvalue weighted by Crippen LogP contribution is -2.39. The molecule has 0 spiro atoms. The van der Waals surface area contributed by atoms with E-state index in [1.807, 2.05) is 26.0 Å². The summed E-state index contributed by atoms with van der Waals surface area (Å²) in [6.07, 6.45) is 3.27. The summed E-state index contributed by atoms with van der Waals surface area (Å²) in [6.45, 7) is 10.3. The molecule has 0 saturated carbocycles. The number of aliphatic hydroxyl groups is 2. The van der Waals surface area contributed by atoms with Crippen molar-refractivity contribution in [1.29, 1.82) is 0 Å². The normalized spacial score (nSPS) is 38.8. The van der Waals surface area contributed by atoms with Crippen LogP contribution in [0, 0.1) is 11.8 Å². The number of aliphatic hydroxyl groups excluding tert-OH is 2. The zero-order chi connectivity index (χ0) is 17.9. The van der Waals surface area contributed by atoms with Gasteiger partial charge in [-0.3, -0.25) is 4.79 Å². The van der Waals surface area contributed by atoms with Crippen LogP contribution in [0.1, 0.15) is 40.5 Å². The van der Waals surface area contributed by atoms with Gasteiger partial charge < -0.3 is 19.8 Å². The standard InChI is InChI=1S/C19H31NO4/c1-5-20(6-2)11-14-18-16(22)9-12(3)7-8-15(21)13(4)10-17(18)24-19(14)23/h9-10,14-18,21-22H,5-8,11H2,1-4H3/b12-9+,13-10+/t14?,15-,16?,17-,18?/m0/s1. The Bertz CT molecular complexity index is 509. The van der Waals surface area contributed by atoms with E-state index in [4.69, 9.17) is 4.74 Å². The summed E-state index contributed by atoms with van der Waals surface area (Å²) in [5.74, 6) is -0.914. The van der Waals surface area contributed by atoms with Crippen molar-refractivity contribution in [2.75, 3.05) is 19.6 Å². The van der Waals surface area contributed by atoms with E-state index < -0.39 is 18.3 Å². The minimum absolute atomic E-state index is 0.250. The van der Waals surface area contributed by atoms with Gasteiger partial charge >= 0.3 is 5.97 Å². The fourth-order valence-corrected chi connectivity index (χ4v) is 3.67. The van der Waals surface area contributed by atoms with Gasteiger partial charge in [0.1, 0.15) is 6.10 Å². The van der Waals surface area contributed by atoms with Gasteiger partial charge in [-0.25, -0.2) is 0 Å². The molecule has 0 aromatic rings. The first kappa shape index (κ1) is 19.2. The first-order chi connectivity index (χ1) is 11.4. The molecule has 2 N–H and O–H groups in total. The van der Waals surface area contributed by atoms with Crippen LogP contribution in [0.3, 0.4) is 0 Å². The second kappa shape index (κ2) is 8.28. The molecule has 0 radical (unpaired) electrons. The quantitative estimate of drug-likeness (QED) is 0.606. The van der Waals surface area contributed by atoms with Gasteiger partial charge in [-0.15, -0.1) is 0 Å². The molecule has 1 fully saturated rings. The highest BCUT2D eigenvalue weighted by atomic mass is 16.6. The summed E-state index contributed by atoms with van der Waals surface area (Å²) < 4.78 is 5.58. The molecule has 1 saturated heterocycles. The molecule has 0 amide bonds. The Labute approximate surface area is 145 Å². The molecule has 24 heavy (non-hydrogen) atoms. The molecule has 136 valence electrons. The fraction of sp³-hybridized carbons (Fsp3) is 0.737. The molecular formula is C19H31NO4. The summed E-state index contributed by atoms with van der Waals surface area (Å²) >= 11 is 0. The molecule has 5 heteroatoms. The third-order valence-corrected chi connectivity index (χ3v) is 5.36. The van der Waals surface area contributed by atoms with E-state index in [2.05, 4.69) is 18.7 Å². The third-order valence-electron chi connectivity index (χ3n) is 5.36. The second-order valence-electron chi connectivity index (χ2n) is 7.04. The highest BCUT2D eigenvalue weighted by Gasteiger charge is 2.47. The van der Waals surface area contributed by atoms with Gasteiger partial charge in [-0.1, -0.05) is 25.5 Å². The number of ether oxygens (including phenoxy) is 1. The van der Waals surface area contributed by atoms with Crippen LogP contribution < -0.4 is 0 Å². The van der Waals surface area contributed by atoms with Crippen molar-refractivity contribution >= 4 is 5.97 Å². The van der Waals surface area contributed by atoms with Crippen LogP contribution in [0.4, 0.5) is 0 Å².